The molecule has 0 fully saturated rings. The summed E-state index contributed by atoms with van der Waals surface area (Å²) in [7, 11) is 0. The molecule has 17 heavy (non-hydrogen) atoms. The van der Waals surface area contributed by atoms with Gasteiger partial charge in [-0.15, -0.1) is 0 Å². The Morgan fingerprint density at radius 2 is 2.18 bits per heavy atom. The second-order valence-corrected chi connectivity index (χ2v) is 4.71. The van der Waals surface area contributed by atoms with E-state index in [-0.39, 0.29) is 6.04 Å². The molecule has 1 aliphatic heterocycles. The minimum absolute atomic E-state index is 0.200. The van der Waals surface area contributed by atoms with Crippen molar-refractivity contribution in [3.63, 3.8) is 0 Å². The molecular formula is C12H13ClN4. The van der Waals surface area contributed by atoms with Gasteiger partial charge >= 0.3 is 0 Å². The van der Waals surface area contributed by atoms with Crippen molar-refractivity contribution in [1.82, 2.24) is 14.8 Å². The summed E-state index contributed by atoms with van der Waals surface area (Å²) >= 11 is 6.14. The molecule has 2 N–H and O–H groups in total. The Morgan fingerprint density at radius 1 is 1.35 bits per heavy atom. The van der Waals surface area contributed by atoms with E-state index >= 15 is 0 Å². The topological polar surface area (TPSA) is 56.7 Å². The van der Waals surface area contributed by atoms with Gasteiger partial charge in [-0.3, -0.25) is 0 Å². The number of hydrogen-bond donors (Lipinski definition) is 1. The smallest absolute Gasteiger partial charge is 0.182 e. The highest BCUT2D eigenvalue weighted by Gasteiger charge is 2.20. The van der Waals surface area contributed by atoms with Crippen LogP contribution < -0.4 is 5.73 Å². The minimum Gasteiger partial charge on any atom is -0.327 e. The standard InChI is InChI=1S/C12H13ClN4/c13-10-4-2-1-3-9(10)12-15-11-7-8(14)5-6-17(11)16-12/h1-4,8H,5-7,14H2. The average Bonchev–Trinajstić information content (AvgIpc) is 2.72. The van der Waals surface area contributed by atoms with Gasteiger partial charge in [0, 0.05) is 24.6 Å². The molecule has 5 heteroatoms. The maximum absolute atomic E-state index is 6.14. The first-order valence-corrected chi connectivity index (χ1v) is 6.06. The summed E-state index contributed by atoms with van der Waals surface area (Å²) in [5.74, 6) is 1.65. The largest absolute Gasteiger partial charge is 0.327 e. The molecule has 1 aliphatic rings. The lowest BCUT2D eigenvalue weighted by atomic mass is 10.1. The number of hydrogen-bond acceptors (Lipinski definition) is 3. The van der Waals surface area contributed by atoms with Gasteiger partial charge in [-0.1, -0.05) is 23.7 Å². The van der Waals surface area contributed by atoms with Crippen molar-refractivity contribution in [3.8, 4) is 11.4 Å². The number of aromatic nitrogens is 3. The molecule has 0 saturated heterocycles. The van der Waals surface area contributed by atoms with Gasteiger partial charge < -0.3 is 5.73 Å². The second kappa shape index (κ2) is 4.13. The van der Waals surface area contributed by atoms with E-state index in [9.17, 15) is 0 Å². The van der Waals surface area contributed by atoms with Crippen LogP contribution in [0, 0.1) is 0 Å². The first kappa shape index (κ1) is 10.7. The van der Waals surface area contributed by atoms with Crippen molar-refractivity contribution in [3.05, 3.63) is 35.1 Å². The van der Waals surface area contributed by atoms with Gasteiger partial charge in [0.2, 0.25) is 0 Å². The van der Waals surface area contributed by atoms with Gasteiger partial charge in [0.25, 0.3) is 0 Å². The molecule has 1 atom stereocenters. The Kier molecular flexibility index (Phi) is 2.61. The first-order valence-electron chi connectivity index (χ1n) is 5.68. The first-order chi connectivity index (χ1) is 8.24. The zero-order valence-electron chi connectivity index (χ0n) is 9.31. The number of aryl methyl sites for hydroxylation is 1. The maximum atomic E-state index is 6.14. The van der Waals surface area contributed by atoms with E-state index in [1.165, 1.54) is 0 Å². The molecule has 88 valence electrons. The Labute approximate surface area is 104 Å². The maximum Gasteiger partial charge on any atom is 0.182 e. The van der Waals surface area contributed by atoms with Crippen LogP contribution in [0.1, 0.15) is 12.2 Å². The predicted molar refractivity (Wildman–Crippen MR) is 66.8 cm³/mol. The molecule has 1 aromatic heterocycles. The SMILES string of the molecule is NC1CCn2nc(-c3ccccc3Cl)nc2C1. The van der Waals surface area contributed by atoms with E-state index in [2.05, 4.69) is 10.1 Å². The van der Waals surface area contributed by atoms with Gasteiger partial charge in [0.15, 0.2) is 5.82 Å². The number of benzene rings is 1. The molecule has 1 unspecified atom stereocenters. The zero-order chi connectivity index (χ0) is 11.8. The van der Waals surface area contributed by atoms with Crippen LogP contribution in [0.5, 0.6) is 0 Å². The number of nitrogens with zero attached hydrogens (tertiary/aromatic N) is 3. The van der Waals surface area contributed by atoms with Crippen molar-refractivity contribution in [1.29, 1.82) is 0 Å². The van der Waals surface area contributed by atoms with Crippen LogP contribution in [0.2, 0.25) is 5.02 Å². The van der Waals surface area contributed by atoms with Crippen LogP contribution in [0.3, 0.4) is 0 Å². The molecule has 2 aromatic rings. The zero-order valence-corrected chi connectivity index (χ0v) is 10.1. The monoisotopic (exact) mass is 248 g/mol. The molecule has 0 saturated carbocycles. The summed E-state index contributed by atoms with van der Waals surface area (Å²) < 4.78 is 1.93. The summed E-state index contributed by atoms with van der Waals surface area (Å²) in [5, 5.41) is 5.16. The Hall–Kier alpha value is -1.39. The van der Waals surface area contributed by atoms with E-state index in [1.807, 2.05) is 28.9 Å². The van der Waals surface area contributed by atoms with E-state index < -0.39 is 0 Å². The van der Waals surface area contributed by atoms with Crippen molar-refractivity contribution in [2.75, 3.05) is 0 Å². The number of halogens is 1. The molecule has 2 heterocycles. The fraction of sp³-hybridized carbons (Fsp3) is 0.333. The molecular weight excluding hydrogens is 236 g/mol. The summed E-state index contributed by atoms with van der Waals surface area (Å²) in [6.45, 7) is 0.841. The Balaban J connectivity index is 2.03. The van der Waals surface area contributed by atoms with E-state index in [0.29, 0.717) is 10.8 Å². The Bertz CT molecular complexity index is 549. The third-order valence-corrected chi connectivity index (χ3v) is 3.35. The summed E-state index contributed by atoms with van der Waals surface area (Å²) in [4.78, 5) is 4.52. The van der Waals surface area contributed by atoms with Gasteiger partial charge in [0.05, 0.1) is 5.02 Å². The highest BCUT2D eigenvalue weighted by atomic mass is 35.5. The predicted octanol–water partition coefficient (Wildman–Crippen LogP) is 1.87. The Morgan fingerprint density at radius 3 is 3.00 bits per heavy atom. The summed E-state index contributed by atoms with van der Waals surface area (Å²) in [6, 6.07) is 7.82. The van der Waals surface area contributed by atoms with Crippen molar-refractivity contribution in [2.24, 2.45) is 5.73 Å². The number of fused-ring (bicyclic) bond motifs is 1. The van der Waals surface area contributed by atoms with Crippen LogP contribution >= 0.6 is 11.6 Å². The highest BCUT2D eigenvalue weighted by molar-refractivity contribution is 6.33. The van der Waals surface area contributed by atoms with Crippen molar-refractivity contribution < 1.29 is 0 Å². The normalized spacial score (nSPS) is 19.1. The number of nitrogens with two attached hydrogens (primary N) is 1. The lowest BCUT2D eigenvalue weighted by molar-refractivity contribution is 0.433. The van der Waals surface area contributed by atoms with Crippen LogP contribution in [0.25, 0.3) is 11.4 Å². The summed E-state index contributed by atoms with van der Waals surface area (Å²) in [5.41, 5.74) is 6.80. The van der Waals surface area contributed by atoms with E-state index in [1.54, 1.807) is 0 Å². The van der Waals surface area contributed by atoms with Gasteiger partial charge in [0.1, 0.15) is 5.82 Å². The highest BCUT2D eigenvalue weighted by Crippen LogP contribution is 2.26. The number of rotatable bonds is 1. The summed E-state index contributed by atoms with van der Waals surface area (Å²) in [6.07, 6.45) is 1.75. The third kappa shape index (κ3) is 1.94. The fourth-order valence-electron chi connectivity index (χ4n) is 2.09. The molecule has 1 aromatic carbocycles. The van der Waals surface area contributed by atoms with Gasteiger partial charge in [-0.05, 0) is 18.6 Å². The van der Waals surface area contributed by atoms with Crippen LogP contribution in [0.15, 0.2) is 24.3 Å². The van der Waals surface area contributed by atoms with Gasteiger partial charge in [-0.25, -0.2) is 9.67 Å². The lowest BCUT2D eigenvalue weighted by Crippen LogP contribution is -2.31. The van der Waals surface area contributed by atoms with Gasteiger partial charge in [-0.2, -0.15) is 5.10 Å². The molecule has 4 nitrogen and oxygen atoms in total. The molecule has 0 spiro atoms. The molecule has 0 aliphatic carbocycles. The fourth-order valence-corrected chi connectivity index (χ4v) is 2.31. The van der Waals surface area contributed by atoms with E-state index in [0.717, 1.165) is 30.8 Å². The molecule has 0 amide bonds. The second-order valence-electron chi connectivity index (χ2n) is 4.31. The third-order valence-electron chi connectivity index (χ3n) is 3.02. The lowest BCUT2D eigenvalue weighted by Gasteiger charge is -2.17. The van der Waals surface area contributed by atoms with Crippen molar-refractivity contribution >= 4 is 11.6 Å². The molecule has 0 bridgehead atoms. The quantitative estimate of drug-likeness (QED) is 0.838. The molecule has 0 radical (unpaired) electrons. The minimum atomic E-state index is 0.200. The van der Waals surface area contributed by atoms with Crippen LogP contribution in [-0.4, -0.2) is 20.8 Å². The molecule has 3 rings (SSSR count). The average molecular weight is 249 g/mol. The van der Waals surface area contributed by atoms with Crippen molar-refractivity contribution in [2.45, 2.75) is 25.4 Å². The van der Waals surface area contributed by atoms with Crippen LogP contribution in [-0.2, 0) is 13.0 Å². The van der Waals surface area contributed by atoms with E-state index in [4.69, 9.17) is 17.3 Å². The van der Waals surface area contributed by atoms with Crippen LogP contribution in [0.4, 0.5) is 0 Å².